The first kappa shape index (κ1) is 21.8. The average molecular weight is 454 g/mol. The first-order valence-electron chi connectivity index (χ1n) is 8.88. The van der Waals surface area contributed by atoms with E-state index in [1.807, 2.05) is 13.8 Å². The third-order valence-corrected chi connectivity index (χ3v) is 6.02. The molecule has 1 unspecified atom stereocenters. The number of aromatic nitrogens is 1. The maximum atomic E-state index is 12.9. The summed E-state index contributed by atoms with van der Waals surface area (Å²) in [6.07, 6.45) is 1.92. The van der Waals surface area contributed by atoms with Crippen molar-refractivity contribution in [2.45, 2.75) is 25.3 Å². The fraction of sp³-hybridized carbons (Fsp3) is 0.412. The average Bonchev–Trinajstić information content (AvgIpc) is 3.16. The Bertz CT molecular complexity index is 927. The molecule has 0 aliphatic carbocycles. The number of rotatable bonds is 9. The minimum Gasteiger partial charge on any atom is -0.477 e. The number of carboxylic acid groups (broad SMARTS) is 1. The zero-order valence-corrected chi connectivity index (χ0v) is 17.7. The summed E-state index contributed by atoms with van der Waals surface area (Å²) in [6.45, 7) is 4.10. The molecule has 1 saturated heterocycles. The summed E-state index contributed by atoms with van der Waals surface area (Å²) in [5.41, 5.74) is -0.0592. The maximum absolute atomic E-state index is 12.9. The zero-order valence-electron chi connectivity index (χ0n) is 16.0. The number of carboxylic acids is 1. The molecule has 0 bridgehead atoms. The van der Waals surface area contributed by atoms with Gasteiger partial charge in [0.2, 0.25) is 6.41 Å². The van der Waals surface area contributed by atoms with Crippen molar-refractivity contribution in [1.82, 2.24) is 15.2 Å². The van der Waals surface area contributed by atoms with Crippen LogP contribution in [-0.4, -0.2) is 68.7 Å². The molecule has 0 saturated carbocycles. The molecule has 0 spiro atoms. The van der Waals surface area contributed by atoms with Crippen LogP contribution in [0.2, 0.25) is 0 Å². The molecule has 1 aromatic heterocycles. The first-order chi connectivity index (χ1) is 14.3. The van der Waals surface area contributed by atoms with Crippen LogP contribution in [-0.2, 0) is 24.0 Å². The molecule has 0 aromatic carbocycles. The van der Waals surface area contributed by atoms with Crippen LogP contribution in [0.5, 0.6) is 0 Å². The van der Waals surface area contributed by atoms with Crippen molar-refractivity contribution in [2.75, 3.05) is 17.7 Å². The second-order valence-electron chi connectivity index (χ2n) is 6.71. The Hall–Kier alpha value is -2.93. The van der Waals surface area contributed by atoms with E-state index in [-0.39, 0.29) is 34.8 Å². The van der Waals surface area contributed by atoms with E-state index in [4.69, 9.17) is 4.84 Å². The second kappa shape index (κ2) is 9.26. The van der Waals surface area contributed by atoms with Gasteiger partial charge in [0.1, 0.15) is 29.4 Å². The highest BCUT2D eigenvalue weighted by molar-refractivity contribution is 8.00. The van der Waals surface area contributed by atoms with Crippen LogP contribution in [0, 0.1) is 5.92 Å². The lowest BCUT2D eigenvalue weighted by atomic mass is 10.0. The summed E-state index contributed by atoms with van der Waals surface area (Å²) in [6, 6.07) is -0.896. The van der Waals surface area contributed by atoms with Crippen molar-refractivity contribution >= 4 is 58.1 Å². The van der Waals surface area contributed by atoms with E-state index in [2.05, 4.69) is 20.8 Å². The highest BCUT2D eigenvalue weighted by Crippen LogP contribution is 2.37. The summed E-state index contributed by atoms with van der Waals surface area (Å²) < 4.78 is 0. The molecule has 13 heteroatoms. The van der Waals surface area contributed by atoms with Gasteiger partial charge in [-0.15, -0.1) is 23.1 Å². The number of carbonyl (C=O) groups excluding carboxylic acids is 3. The number of nitrogens with one attached hydrogen (secondary N) is 2. The Morgan fingerprint density at radius 1 is 1.50 bits per heavy atom. The number of aliphatic carboxylic acids is 1. The molecule has 160 valence electrons. The minimum absolute atomic E-state index is 0.0903. The normalized spacial score (nSPS) is 20.8. The van der Waals surface area contributed by atoms with Gasteiger partial charge in [0, 0.05) is 11.1 Å². The quantitative estimate of drug-likeness (QED) is 0.211. The minimum atomic E-state index is -1.19. The number of hydrogen-bond donors (Lipinski definition) is 3. The number of carbonyl (C=O) groups is 4. The Kier molecular flexibility index (Phi) is 6.72. The molecule has 3 heterocycles. The number of anilines is 1. The maximum Gasteiger partial charge on any atom is 0.352 e. The molecule has 2 aliphatic rings. The van der Waals surface area contributed by atoms with Gasteiger partial charge < -0.3 is 20.6 Å². The van der Waals surface area contributed by atoms with Crippen LogP contribution in [0.25, 0.3) is 0 Å². The predicted octanol–water partition coefficient (Wildman–Crippen LogP) is 0.457. The molecular weight excluding hydrogens is 434 g/mol. The smallest absolute Gasteiger partial charge is 0.352 e. The highest BCUT2D eigenvalue weighted by Gasteiger charge is 2.53. The lowest BCUT2D eigenvalue weighted by Gasteiger charge is -2.48. The van der Waals surface area contributed by atoms with Gasteiger partial charge in [-0.05, 0) is 12.0 Å². The van der Waals surface area contributed by atoms with E-state index < -0.39 is 29.2 Å². The lowest BCUT2D eigenvalue weighted by molar-refractivity contribution is -0.150. The van der Waals surface area contributed by atoms with Crippen molar-refractivity contribution in [3.05, 3.63) is 22.8 Å². The van der Waals surface area contributed by atoms with Crippen LogP contribution < -0.4 is 10.6 Å². The van der Waals surface area contributed by atoms with Gasteiger partial charge in [-0.1, -0.05) is 19.0 Å². The molecule has 11 nitrogen and oxygen atoms in total. The molecule has 30 heavy (non-hydrogen) atoms. The van der Waals surface area contributed by atoms with E-state index in [0.29, 0.717) is 12.2 Å². The number of fused-ring (bicyclic) bond motifs is 1. The summed E-state index contributed by atoms with van der Waals surface area (Å²) in [5.74, 6) is -1.82. The fourth-order valence-electron chi connectivity index (χ4n) is 2.70. The van der Waals surface area contributed by atoms with Gasteiger partial charge in [0.05, 0.1) is 0 Å². The van der Waals surface area contributed by atoms with Crippen LogP contribution in [0.3, 0.4) is 0 Å². The number of oxime groups is 1. The van der Waals surface area contributed by atoms with E-state index in [0.717, 1.165) is 16.2 Å². The largest absolute Gasteiger partial charge is 0.477 e. The monoisotopic (exact) mass is 453 g/mol. The summed E-state index contributed by atoms with van der Waals surface area (Å²) in [7, 11) is 0. The number of hydrogen-bond acceptors (Lipinski definition) is 9. The Morgan fingerprint density at radius 3 is 2.93 bits per heavy atom. The molecule has 0 radical (unpaired) electrons. The molecule has 3 rings (SSSR count). The number of nitrogens with zero attached hydrogens (tertiary/aromatic N) is 3. The van der Waals surface area contributed by atoms with Crippen molar-refractivity contribution < 1.29 is 29.1 Å². The number of thiazole rings is 1. The fourth-order valence-corrected chi connectivity index (χ4v) is 4.55. The molecular formula is C17H19N5O6S2. The third-order valence-electron chi connectivity index (χ3n) is 4.06. The van der Waals surface area contributed by atoms with Gasteiger partial charge in [-0.3, -0.25) is 19.3 Å². The standard InChI is InChI=1S/C17H19N5O6S2/c1-8(2)5-28-21-11(9-6-30-17(19-9)18-7-23)13(24)20-12-14(25)22-10(16(26)27)3-4-29-15(12)22/h3,6-8,12,15H,4-5H2,1-2H3,(H,20,24)(H,26,27)(H,18,19,23)/b21-11-/t12?,15-/m1/s1. The molecule has 1 aromatic rings. The first-order valence-corrected chi connectivity index (χ1v) is 10.8. The predicted molar refractivity (Wildman–Crippen MR) is 110 cm³/mol. The SMILES string of the molecule is CC(C)CO/N=C(\C(=O)NC1C(=O)N2C(C(=O)O)=CCS[C@H]12)c1csc(NC=O)n1. The van der Waals surface area contributed by atoms with Gasteiger partial charge in [0.25, 0.3) is 11.8 Å². The van der Waals surface area contributed by atoms with Crippen molar-refractivity contribution in [3.8, 4) is 0 Å². The molecule has 2 atom stereocenters. The topological polar surface area (TPSA) is 150 Å². The van der Waals surface area contributed by atoms with E-state index in [9.17, 15) is 24.3 Å². The second-order valence-corrected chi connectivity index (χ2v) is 8.72. The van der Waals surface area contributed by atoms with Crippen LogP contribution in [0.15, 0.2) is 22.3 Å². The van der Waals surface area contributed by atoms with Crippen molar-refractivity contribution in [1.29, 1.82) is 0 Å². The number of amides is 3. The van der Waals surface area contributed by atoms with Crippen LogP contribution in [0.4, 0.5) is 5.13 Å². The Balaban J connectivity index is 1.76. The van der Waals surface area contributed by atoms with E-state index >= 15 is 0 Å². The molecule has 2 aliphatic heterocycles. The summed E-state index contributed by atoms with van der Waals surface area (Å²) in [4.78, 5) is 57.7. The van der Waals surface area contributed by atoms with Gasteiger partial charge in [-0.25, -0.2) is 9.78 Å². The van der Waals surface area contributed by atoms with Gasteiger partial charge in [0.15, 0.2) is 10.8 Å². The van der Waals surface area contributed by atoms with Crippen LogP contribution in [0.1, 0.15) is 19.5 Å². The van der Waals surface area contributed by atoms with Gasteiger partial charge in [-0.2, -0.15) is 0 Å². The number of β-lactam (4-membered cyclic amide) rings is 1. The third kappa shape index (κ3) is 4.46. The highest BCUT2D eigenvalue weighted by atomic mass is 32.2. The zero-order chi connectivity index (χ0) is 21.8. The van der Waals surface area contributed by atoms with Gasteiger partial charge >= 0.3 is 5.97 Å². The summed E-state index contributed by atoms with van der Waals surface area (Å²) >= 11 is 2.44. The van der Waals surface area contributed by atoms with Crippen molar-refractivity contribution in [3.63, 3.8) is 0 Å². The Morgan fingerprint density at radius 2 is 2.27 bits per heavy atom. The number of thioether (sulfide) groups is 1. The lowest BCUT2D eigenvalue weighted by Crippen LogP contribution is -2.70. The Labute approximate surface area is 179 Å². The van der Waals surface area contributed by atoms with E-state index in [1.54, 1.807) is 0 Å². The molecule has 3 N–H and O–H groups in total. The molecule has 3 amide bonds. The summed E-state index contributed by atoms with van der Waals surface area (Å²) in [5, 5.41) is 19.4. The van der Waals surface area contributed by atoms with Crippen LogP contribution >= 0.6 is 23.1 Å². The van der Waals surface area contributed by atoms with E-state index in [1.165, 1.54) is 23.2 Å². The molecule has 1 fully saturated rings. The van der Waals surface area contributed by atoms with Crippen molar-refractivity contribution in [2.24, 2.45) is 11.1 Å².